The van der Waals surface area contributed by atoms with Gasteiger partial charge in [-0.3, -0.25) is 4.79 Å². The molecule has 0 aliphatic heterocycles. The van der Waals surface area contributed by atoms with Crippen molar-refractivity contribution in [3.63, 3.8) is 0 Å². The molecule has 0 N–H and O–H groups in total. The van der Waals surface area contributed by atoms with Gasteiger partial charge in [0.05, 0.1) is 14.2 Å². The predicted molar refractivity (Wildman–Crippen MR) is 80.3 cm³/mol. The van der Waals surface area contributed by atoms with Crippen LogP contribution in [-0.4, -0.2) is 20.0 Å². The van der Waals surface area contributed by atoms with Crippen LogP contribution in [0.2, 0.25) is 0 Å². The second kappa shape index (κ2) is 6.79. The van der Waals surface area contributed by atoms with E-state index in [2.05, 4.69) is 0 Å². The van der Waals surface area contributed by atoms with Gasteiger partial charge in [0.1, 0.15) is 12.4 Å². The van der Waals surface area contributed by atoms with Crippen LogP contribution >= 0.6 is 0 Å². The van der Waals surface area contributed by atoms with Crippen LogP contribution in [0, 0.1) is 0 Å². The Morgan fingerprint density at radius 3 is 2.19 bits per heavy atom. The van der Waals surface area contributed by atoms with Gasteiger partial charge in [-0.25, -0.2) is 0 Å². The first-order valence-corrected chi connectivity index (χ1v) is 6.58. The van der Waals surface area contributed by atoms with Crippen LogP contribution in [0.4, 0.5) is 0 Å². The summed E-state index contributed by atoms with van der Waals surface area (Å²) in [5.74, 6) is 2.12. The Morgan fingerprint density at radius 1 is 0.952 bits per heavy atom. The fraction of sp³-hybridized carbons (Fsp3) is 0.235. The van der Waals surface area contributed by atoms with E-state index < -0.39 is 0 Å². The van der Waals surface area contributed by atoms with Crippen molar-refractivity contribution in [2.24, 2.45) is 0 Å². The first-order valence-electron chi connectivity index (χ1n) is 6.58. The summed E-state index contributed by atoms with van der Waals surface area (Å²) in [6.45, 7) is 1.96. The highest BCUT2D eigenvalue weighted by Crippen LogP contribution is 2.28. The first-order chi connectivity index (χ1) is 10.1. The van der Waals surface area contributed by atoms with Gasteiger partial charge in [-0.15, -0.1) is 0 Å². The third-order valence-corrected chi connectivity index (χ3v) is 3.11. The van der Waals surface area contributed by atoms with E-state index in [0.717, 1.165) is 11.3 Å². The molecule has 4 heteroatoms. The Bertz CT molecular complexity index is 617. The fourth-order valence-corrected chi connectivity index (χ4v) is 1.92. The molecule has 0 heterocycles. The summed E-state index contributed by atoms with van der Waals surface area (Å²) >= 11 is 0. The molecule has 4 nitrogen and oxygen atoms in total. The molecular weight excluding hydrogens is 268 g/mol. The maximum absolute atomic E-state index is 11.2. The highest BCUT2D eigenvalue weighted by Gasteiger charge is 2.05. The van der Waals surface area contributed by atoms with E-state index in [1.165, 1.54) is 0 Å². The van der Waals surface area contributed by atoms with Crippen molar-refractivity contribution in [2.45, 2.75) is 13.5 Å². The van der Waals surface area contributed by atoms with Crippen molar-refractivity contribution in [3.8, 4) is 17.2 Å². The number of hydrogen-bond acceptors (Lipinski definition) is 4. The quantitative estimate of drug-likeness (QED) is 0.763. The van der Waals surface area contributed by atoms with Crippen LogP contribution in [0.25, 0.3) is 0 Å². The van der Waals surface area contributed by atoms with Gasteiger partial charge in [0.2, 0.25) is 0 Å². The SMILES string of the molecule is COc1ccc(COc2ccc(C(C)=O)cc2)cc1OC. The van der Waals surface area contributed by atoms with Crippen LogP contribution in [0.5, 0.6) is 17.2 Å². The highest BCUT2D eigenvalue weighted by molar-refractivity contribution is 5.94. The fourth-order valence-electron chi connectivity index (χ4n) is 1.92. The van der Waals surface area contributed by atoms with Gasteiger partial charge in [-0.2, -0.15) is 0 Å². The Labute approximate surface area is 124 Å². The standard InChI is InChI=1S/C17H18O4/c1-12(18)14-5-7-15(8-6-14)21-11-13-4-9-16(19-2)17(10-13)20-3/h4-10H,11H2,1-3H3. The lowest BCUT2D eigenvalue weighted by Gasteiger charge is -2.11. The summed E-state index contributed by atoms with van der Waals surface area (Å²) in [5.41, 5.74) is 1.65. The van der Waals surface area contributed by atoms with E-state index in [0.29, 0.717) is 23.7 Å². The lowest BCUT2D eigenvalue weighted by molar-refractivity contribution is 0.101. The molecule has 0 aromatic heterocycles. The third-order valence-electron chi connectivity index (χ3n) is 3.11. The van der Waals surface area contributed by atoms with Crippen molar-refractivity contribution in [1.82, 2.24) is 0 Å². The van der Waals surface area contributed by atoms with Crippen molar-refractivity contribution in [2.75, 3.05) is 14.2 Å². The first kappa shape index (κ1) is 14.9. The predicted octanol–water partition coefficient (Wildman–Crippen LogP) is 3.49. The molecule has 0 fully saturated rings. The maximum Gasteiger partial charge on any atom is 0.161 e. The molecule has 2 rings (SSSR count). The number of hydrogen-bond donors (Lipinski definition) is 0. The molecule has 0 radical (unpaired) electrons. The lowest BCUT2D eigenvalue weighted by Crippen LogP contribution is -1.98. The summed E-state index contributed by atoms with van der Waals surface area (Å²) in [6.07, 6.45) is 0. The van der Waals surface area contributed by atoms with Gasteiger partial charge in [0, 0.05) is 5.56 Å². The van der Waals surface area contributed by atoms with Crippen LogP contribution in [0.1, 0.15) is 22.8 Å². The average Bonchev–Trinajstić information content (AvgIpc) is 2.52. The van der Waals surface area contributed by atoms with E-state index >= 15 is 0 Å². The smallest absolute Gasteiger partial charge is 0.161 e. The Morgan fingerprint density at radius 2 is 1.62 bits per heavy atom. The summed E-state index contributed by atoms with van der Waals surface area (Å²) in [5, 5.41) is 0. The zero-order valence-corrected chi connectivity index (χ0v) is 12.4. The molecule has 0 bridgehead atoms. The molecule has 0 saturated heterocycles. The number of carbonyl (C=O) groups excluding carboxylic acids is 1. The second-order valence-corrected chi connectivity index (χ2v) is 4.56. The number of carbonyl (C=O) groups is 1. The van der Waals surface area contributed by atoms with E-state index in [4.69, 9.17) is 14.2 Å². The van der Waals surface area contributed by atoms with E-state index in [9.17, 15) is 4.79 Å². The molecule has 0 saturated carbocycles. The van der Waals surface area contributed by atoms with Gasteiger partial charge in [0.15, 0.2) is 17.3 Å². The molecule has 110 valence electrons. The number of benzene rings is 2. The Balaban J connectivity index is 2.04. The van der Waals surface area contributed by atoms with Crippen molar-refractivity contribution in [3.05, 3.63) is 53.6 Å². The minimum atomic E-state index is 0.0430. The van der Waals surface area contributed by atoms with Crippen molar-refractivity contribution in [1.29, 1.82) is 0 Å². The normalized spacial score (nSPS) is 10.0. The number of rotatable bonds is 6. The minimum absolute atomic E-state index is 0.0430. The monoisotopic (exact) mass is 286 g/mol. The van der Waals surface area contributed by atoms with E-state index in [1.807, 2.05) is 18.2 Å². The molecule has 0 spiro atoms. The van der Waals surface area contributed by atoms with Gasteiger partial charge in [-0.05, 0) is 48.9 Å². The molecule has 2 aromatic carbocycles. The molecule has 0 amide bonds. The van der Waals surface area contributed by atoms with Gasteiger partial charge in [-0.1, -0.05) is 6.07 Å². The van der Waals surface area contributed by atoms with Gasteiger partial charge < -0.3 is 14.2 Å². The second-order valence-electron chi connectivity index (χ2n) is 4.56. The number of ketones is 1. The number of ether oxygens (including phenoxy) is 3. The maximum atomic E-state index is 11.2. The number of methoxy groups -OCH3 is 2. The highest BCUT2D eigenvalue weighted by atomic mass is 16.5. The third kappa shape index (κ3) is 3.75. The molecule has 21 heavy (non-hydrogen) atoms. The topological polar surface area (TPSA) is 44.8 Å². The molecule has 0 aliphatic rings. The molecule has 2 aromatic rings. The van der Waals surface area contributed by atoms with E-state index in [1.54, 1.807) is 45.4 Å². The Kier molecular flexibility index (Phi) is 4.82. The van der Waals surface area contributed by atoms with Crippen LogP contribution < -0.4 is 14.2 Å². The van der Waals surface area contributed by atoms with Crippen molar-refractivity contribution < 1.29 is 19.0 Å². The van der Waals surface area contributed by atoms with Gasteiger partial charge in [0.25, 0.3) is 0 Å². The molecule has 0 atom stereocenters. The van der Waals surface area contributed by atoms with Crippen LogP contribution in [0.15, 0.2) is 42.5 Å². The van der Waals surface area contributed by atoms with Crippen LogP contribution in [-0.2, 0) is 6.61 Å². The minimum Gasteiger partial charge on any atom is -0.493 e. The number of Topliss-reactive ketones (excluding diaryl/α,β-unsaturated/α-hetero) is 1. The molecular formula is C17H18O4. The summed E-state index contributed by atoms with van der Waals surface area (Å²) in [6, 6.07) is 12.7. The summed E-state index contributed by atoms with van der Waals surface area (Å²) < 4.78 is 16.1. The van der Waals surface area contributed by atoms with Gasteiger partial charge >= 0.3 is 0 Å². The van der Waals surface area contributed by atoms with Crippen LogP contribution in [0.3, 0.4) is 0 Å². The molecule has 0 aliphatic carbocycles. The zero-order valence-electron chi connectivity index (χ0n) is 12.4. The van der Waals surface area contributed by atoms with E-state index in [-0.39, 0.29) is 5.78 Å². The summed E-state index contributed by atoms with van der Waals surface area (Å²) in [4.78, 5) is 11.2. The zero-order chi connectivity index (χ0) is 15.2. The average molecular weight is 286 g/mol. The molecule has 0 unspecified atom stereocenters. The van der Waals surface area contributed by atoms with Crippen molar-refractivity contribution >= 4 is 5.78 Å². The largest absolute Gasteiger partial charge is 0.493 e. The summed E-state index contributed by atoms with van der Waals surface area (Å²) in [7, 11) is 3.20. The Hall–Kier alpha value is -2.49. The lowest BCUT2D eigenvalue weighted by atomic mass is 10.1.